The molecule has 0 radical (unpaired) electrons. The molecule has 0 saturated carbocycles. The maximum absolute atomic E-state index is 12.4. The van der Waals surface area contributed by atoms with Gasteiger partial charge in [0.05, 0.1) is 25.0 Å². The number of benzene rings is 1. The average molecular weight is 405 g/mol. The van der Waals surface area contributed by atoms with E-state index in [0.717, 1.165) is 17.8 Å². The van der Waals surface area contributed by atoms with Crippen molar-refractivity contribution in [3.63, 3.8) is 0 Å². The van der Waals surface area contributed by atoms with Crippen LogP contribution in [0.4, 0.5) is 0 Å². The Morgan fingerprint density at radius 3 is 2.50 bits per heavy atom. The van der Waals surface area contributed by atoms with E-state index < -0.39 is 0 Å². The second-order valence-corrected chi connectivity index (χ2v) is 6.80. The first kappa shape index (κ1) is 21.8. The topological polar surface area (TPSA) is 65.8 Å². The van der Waals surface area contributed by atoms with Crippen molar-refractivity contribution < 1.29 is 4.79 Å². The summed E-state index contributed by atoms with van der Waals surface area (Å²) in [6.45, 7) is 8.89. The van der Waals surface area contributed by atoms with Crippen LogP contribution >= 0.6 is 11.6 Å². The van der Waals surface area contributed by atoms with Crippen LogP contribution < -0.4 is 5.32 Å². The van der Waals surface area contributed by atoms with Gasteiger partial charge in [-0.3, -0.25) is 4.79 Å². The van der Waals surface area contributed by atoms with Crippen molar-refractivity contribution in [1.29, 1.82) is 0 Å². The highest BCUT2D eigenvalue weighted by molar-refractivity contribution is 6.30. The summed E-state index contributed by atoms with van der Waals surface area (Å²) in [7, 11) is 1.88. The first-order chi connectivity index (χ1) is 13.5. The molecule has 1 heterocycles. The Bertz CT molecular complexity index is 782. The molecule has 28 heavy (non-hydrogen) atoms. The SMILES string of the molecule is CCNC(=NCc1cnn(-c2ccc(Cl)cc2)c1)N(C)CC(=O)N(CC)CC. The summed E-state index contributed by atoms with van der Waals surface area (Å²) in [5, 5.41) is 8.32. The van der Waals surface area contributed by atoms with E-state index in [-0.39, 0.29) is 12.5 Å². The molecular formula is C20H29ClN6O. The molecule has 0 bridgehead atoms. The van der Waals surface area contributed by atoms with Crippen LogP contribution in [0.3, 0.4) is 0 Å². The number of likely N-dealkylation sites (N-methyl/N-ethyl adjacent to an activating group) is 2. The van der Waals surface area contributed by atoms with Gasteiger partial charge in [-0.15, -0.1) is 0 Å². The van der Waals surface area contributed by atoms with Crippen LogP contribution in [0.1, 0.15) is 26.3 Å². The number of hydrogen-bond acceptors (Lipinski definition) is 3. The number of hydrogen-bond donors (Lipinski definition) is 1. The Hall–Kier alpha value is -2.54. The van der Waals surface area contributed by atoms with E-state index >= 15 is 0 Å². The zero-order chi connectivity index (χ0) is 20.5. The van der Waals surface area contributed by atoms with E-state index in [1.54, 1.807) is 10.9 Å². The van der Waals surface area contributed by atoms with Gasteiger partial charge in [0.2, 0.25) is 5.91 Å². The van der Waals surface area contributed by atoms with Crippen LogP contribution in [0.2, 0.25) is 5.02 Å². The number of rotatable bonds is 8. The summed E-state index contributed by atoms with van der Waals surface area (Å²) in [6, 6.07) is 7.50. The van der Waals surface area contributed by atoms with Gasteiger partial charge in [-0.05, 0) is 45.0 Å². The van der Waals surface area contributed by atoms with E-state index in [1.165, 1.54) is 0 Å². The van der Waals surface area contributed by atoms with Crippen molar-refractivity contribution in [2.75, 3.05) is 33.2 Å². The van der Waals surface area contributed by atoms with E-state index in [0.29, 0.717) is 30.6 Å². The van der Waals surface area contributed by atoms with Gasteiger partial charge in [-0.2, -0.15) is 5.10 Å². The Balaban J connectivity index is 2.05. The number of carbonyl (C=O) groups excluding carboxylic acids is 1. The predicted molar refractivity (Wildman–Crippen MR) is 114 cm³/mol. The van der Waals surface area contributed by atoms with E-state index in [4.69, 9.17) is 11.6 Å². The molecule has 0 atom stereocenters. The van der Waals surface area contributed by atoms with E-state index in [2.05, 4.69) is 15.4 Å². The van der Waals surface area contributed by atoms with Gasteiger partial charge in [0.25, 0.3) is 0 Å². The maximum Gasteiger partial charge on any atom is 0.242 e. The number of guanidine groups is 1. The highest BCUT2D eigenvalue weighted by Crippen LogP contribution is 2.13. The molecule has 0 saturated heterocycles. The Labute approximate surface area is 172 Å². The molecular weight excluding hydrogens is 376 g/mol. The first-order valence-electron chi connectivity index (χ1n) is 9.55. The van der Waals surface area contributed by atoms with E-state index in [9.17, 15) is 4.79 Å². The predicted octanol–water partition coefficient (Wildman–Crippen LogP) is 2.79. The van der Waals surface area contributed by atoms with Gasteiger partial charge in [0.1, 0.15) is 0 Å². The molecule has 1 N–H and O–H groups in total. The molecule has 0 spiro atoms. The number of aliphatic imine (C=N–C) groups is 1. The van der Waals surface area contributed by atoms with Crippen molar-refractivity contribution in [2.45, 2.75) is 27.3 Å². The van der Waals surface area contributed by atoms with E-state index in [1.807, 2.05) is 68.1 Å². The molecule has 7 nitrogen and oxygen atoms in total. The lowest BCUT2D eigenvalue weighted by molar-refractivity contribution is -0.131. The van der Waals surface area contributed by atoms with Crippen molar-refractivity contribution in [3.05, 3.63) is 47.2 Å². The number of aromatic nitrogens is 2. The molecule has 0 fully saturated rings. The normalized spacial score (nSPS) is 11.4. The van der Waals surface area contributed by atoms with Gasteiger partial charge >= 0.3 is 0 Å². The minimum absolute atomic E-state index is 0.0914. The standard InChI is InChI=1S/C20H29ClN6O/c1-5-22-20(25(4)15-19(28)26(6-2)7-3)23-12-16-13-24-27(14-16)18-10-8-17(21)9-11-18/h8-11,13-14H,5-7,12,15H2,1-4H3,(H,22,23). The van der Waals surface area contributed by atoms with Crippen LogP contribution in [0.5, 0.6) is 0 Å². The summed E-state index contributed by atoms with van der Waals surface area (Å²) in [6.07, 6.45) is 3.74. The van der Waals surface area contributed by atoms with Crippen LogP contribution in [0.25, 0.3) is 5.69 Å². The molecule has 0 unspecified atom stereocenters. The van der Waals surface area contributed by atoms with Gasteiger partial charge in [-0.25, -0.2) is 9.67 Å². The minimum Gasteiger partial charge on any atom is -0.357 e. The van der Waals surface area contributed by atoms with Gasteiger partial charge < -0.3 is 15.1 Å². The smallest absolute Gasteiger partial charge is 0.242 e. The Kier molecular flexibility index (Phi) is 8.32. The molecule has 1 aromatic carbocycles. The maximum atomic E-state index is 12.4. The zero-order valence-corrected chi connectivity index (χ0v) is 17.8. The van der Waals surface area contributed by atoms with Crippen LogP contribution in [0, 0.1) is 0 Å². The number of carbonyl (C=O) groups is 1. The summed E-state index contributed by atoms with van der Waals surface area (Å²) >= 11 is 5.94. The number of amides is 1. The molecule has 0 aliphatic carbocycles. The molecule has 2 rings (SSSR count). The fourth-order valence-corrected chi connectivity index (χ4v) is 2.89. The zero-order valence-electron chi connectivity index (χ0n) is 17.0. The summed E-state index contributed by atoms with van der Waals surface area (Å²) in [4.78, 5) is 20.7. The lowest BCUT2D eigenvalue weighted by Crippen LogP contribution is -2.45. The van der Waals surface area contributed by atoms with Crippen LogP contribution in [-0.2, 0) is 11.3 Å². The fraction of sp³-hybridized carbons (Fsp3) is 0.450. The first-order valence-corrected chi connectivity index (χ1v) is 9.92. The number of halogens is 1. The summed E-state index contributed by atoms with van der Waals surface area (Å²) in [5.41, 5.74) is 1.92. The lowest BCUT2D eigenvalue weighted by Gasteiger charge is -2.25. The second kappa shape index (κ2) is 10.7. The average Bonchev–Trinajstić information content (AvgIpc) is 3.15. The molecule has 0 aliphatic rings. The van der Waals surface area contributed by atoms with Crippen molar-refractivity contribution in [1.82, 2.24) is 24.9 Å². The second-order valence-electron chi connectivity index (χ2n) is 6.36. The third-order valence-corrected chi connectivity index (χ3v) is 4.58. The van der Waals surface area contributed by atoms with Crippen molar-refractivity contribution >= 4 is 23.5 Å². The van der Waals surface area contributed by atoms with Crippen molar-refractivity contribution in [2.24, 2.45) is 4.99 Å². The van der Waals surface area contributed by atoms with Crippen LogP contribution in [0.15, 0.2) is 41.7 Å². The molecule has 2 aromatic rings. The molecule has 1 amide bonds. The minimum atomic E-state index is 0.0914. The van der Waals surface area contributed by atoms with Crippen LogP contribution in [-0.4, -0.2) is 64.7 Å². The van der Waals surface area contributed by atoms with Gasteiger partial charge in [0, 0.05) is 43.5 Å². The van der Waals surface area contributed by atoms with Gasteiger partial charge in [0.15, 0.2) is 5.96 Å². The fourth-order valence-electron chi connectivity index (χ4n) is 2.77. The highest BCUT2D eigenvalue weighted by Gasteiger charge is 2.15. The monoisotopic (exact) mass is 404 g/mol. The molecule has 8 heteroatoms. The highest BCUT2D eigenvalue weighted by atomic mass is 35.5. The number of nitrogens with zero attached hydrogens (tertiary/aromatic N) is 5. The summed E-state index contributed by atoms with van der Waals surface area (Å²) in [5.74, 6) is 0.788. The van der Waals surface area contributed by atoms with Gasteiger partial charge in [-0.1, -0.05) is 11.6 Å². The quantitative estimate of drug-likeness (QED) is 0.542. The molecule has 152 valence electrons. The molecule has 0 aliphatic heterocycles. The van der Waals surface area contributed by atoms with Crippen molar-refractivity contribution in [3.8, 4) is 5.69 Å². The number of nitrogens with one attached hydrogen (secondary N) is 1. The lowest BCUT2D eigenvalue weighted by atomic mass is 10.3. The summed E-state index contributed by atoms with van der Waals surface area (Å²) < 4.78 is 1.79. The third-order valence-electron chi connectivity index (χ3n) is 4.32. The Morgan fingerprint density at radius 2 is 1.89 bits per heavy atom. The molecule has 1 aromatic heterocycles. The largest absolute Gasteiger partial charge is 0.357 e. The third kappa shape index (κ3) is 5.99. The Morgan fingerprint density at radius 1 is 1.21 bits per heavy atom.